The van der Waals surface area contributed by atoms with Crippen molar-refractivity contribution in [2.75, 3.05) is 0 Å². The first-order valence-corrected chi connectivity index (χ1v) is 2.49. The maximum atomic E-state index is 10.4. The Morgan fingerprint density at radius 3 is 2.40 bits per heavy atom. The summed E-state index contributed by atoms with van der Waals surface area (Å²) in [5.74, 6) is -1.73. The fourth-order valence-corrected chi connectivity index (χ4v) is 0.316. The van der Waals surface area contributed by atoms with Gasteiger partial charge in [-0.25, -0.2) is 4.79 Å². The number of ether oxygens (including phenoxy) is 1. The second-order valence-corrected chi connectivity index (χ2v) is 1.60. The molecule has 2 N–H and O–H groups in total. The standard InChI is InChI=1S/C6H8O4/c1-4(7)3-6(9)10-5(2)8/h3,7-8H,2H2,1H3. The van der Waals surface area contributed by atoms with Crippen molar-refractivity contribution >= 4 is 5.97 Å². The molecule has 4 heteroatoms. The SMILES string of the molecule is C=C(O)OC(=O)C=C(C)O. The summed E-state index contributed by atoms with van der Waals surface area (Å²) in [4.78, 5) is 10.4. The predicted octanol–water partition coefficient (Wildman–Crippen LogP) is 1.02. The molecule has 0 aromatic heterocycles. The summed E-state index contributed by atoms with van der Waals surface area (Å²) in [5.41, 5.74) is 0. The van der Waals surface area contributed by atoms with Gasteiger partial charge in [0.25, 0.3) is 5.95 Å². The van der Waals surface area contributed by atoms with E-state index in [0.29, 0.717) is 0 Å². The van der Waals surface area contributed by atoms with Crippen LogP contribution in [0, 0.1) is 0 Å². The Labute approximate surface area is 58.0 Å². The summed E-state index contributed by atoms with van der Waals surface area (Å²) >= 11 is 0. The van der Waals surface area contributed by atoms with Crippen molar-refractivity contribution in [1.82, 2.24) is 0 Å². The lowest BCUT2D eigenvalue weighted by Crippen LogP contribution is -1.99. The highest BCUT2D eigenvalue weighted by molar-refractivity contribution is 5.82. The minimum absolute atomic E-state index is 0.189. The Balaban J connectivity index is 3.88. The van der Waals surface area contributed by atoms with Gasteiger partial charge < -0.3 is 14.9 Å². The number of carbonyl (C=O) groups is 1. The van der Waals surface area contributed by atoms with Crippen LogP contribution in [0.15, 0.2) is 24.4 Å². The molecule has 4 nitrogen and oxygen atoms in total. The quantitative estimate of drug-likeness (QED) is 0.345. The Bertz CT molecular complexity index is 176. The lowest BCUT2D eigenvalue weighted by molar-refractivity contribution is -0.137. The maximum absolute atomic E-state index is 10.4. The van der Waals surface area contributed by atoms with Crippen molar-refractivity contribution in [1.29, 1.82) is 0 Å². The van der Waals surface area contributed by atoms with E-state index in [-0.39, 0.29) is 5.76 Å². The highest BCUT2D eigenvalue weighted by Crippen LogP contribution is 1.91. The van der Waals surface area contributed by atoms with Crippen molar-refractivity contribution in [2.45, 2.75) is 6.92 Å². The lowest BCUT2D eigenvalue weighted by Gasteiger charge is -1.95. The molecule has 0 radical (unpaired) electrons. The van der Waals surface area contributed by atoms with Crippen LogP contribution in [0.5, 0.6) is 0 Å². The third-order valence-electron chi connectivity index (χ3n) is 0.545. The second kappa shape index (κ2) is 3.55. The molecule has 56 valence electrons. The van der Waals surface area contributed by atoms with Crippen molar-refractivity contribution in [2.24, 2.45) is 0 Å². The smallest absolute Gasteiger partial charge is 0.341 e. The van der Waals surface area contributed by atoms with Crippen LogP contribution in [0.4, 0.5) is 0 Å². The third kappa shape index (κ3) is 4.70. The monoisotopic (exact) mass is 144 g/mol. The van der Waals surface area contributed by atoms with Gasteiger partial charge >= 0.3 is 5.97 Å². The molecule has 0 spiro atoms. The van der Waals surface area contributed by atoms with E-state index in [9.17, 15) is 4.79 Å². The Hall–Kier alpha value is -1.45. The van der Waals surface area contributed by atoms with E-state index < -0.39 is 11.9 Å². The van der Waals surface area contributed by atoms with Gasteiger partial charge in [0.2, 0.25) is 0 Å². The van der Waals surface area contributed by atoms with E-state index in [1.54, 1.807) is 0 Å². The van der Waals surface area contributed by atoms with E-state index in [4.69, 9.17) is 10.2 Å². The fourth-order valence-electron chi connectivity index (χ4n) is 0.316. The van der Waals surface area contributed by atoms with Crippen LogP contribution in [0.25, 0.3) is 0 Å². The van der Waals surface area contributed by atoms with Gasteiger partial charge in [0.05, 0.1) is 11.8 Å². The molecule has 0 aliphatic heterocycles. The van der Waals surface area contributed by atoms with Gasteiger partial charge in [-0.1, -0.05) is 0 Å². The normalized spacial score (nSPS) is 10.7. The number of hydrogen-bond donors (Lipinski definition) is 2. The van der Waals surface area contributed by atoms with Crippen LogP contribution in [-0.2, 0) is 9.53 Å². The summed E-state index contributed by atoms with van der Waals surface area (Å²) in [7, 11) is 0. The number of aliphatic hydroxyl groups is 2. The summed E-state index contributed by atoms with van der Waals surface area (Å²) in [6, 6.07) is 0. The van der Waals surface area contributed by atoms with Gasteiger partial charge in [-0.15, -0.1) is 0 Å². The Morgan fingerprint density at radius 2 is 2.10 bits per heavy atom. The van der Waals surface area contributed by atoms with Gasteiger partial charge in [0.15, 0.2) is 0 Å². The second-order valence-electron chi connectivity index (χ2n) is 1.60. The zero-order valence-corrected chi connectivity index (χ0v) is 5.50. The van der Waals surface area contributed by atoms with Crippen LogP contribution >= 0.6 is 0 Å². The minimum Gasteiger partial charge on any atom is -0.512 e. The first-order chi connectivity index (χ1) is 4.52. The summed E-state index contributed by atoms with van der Waals surface area (Å²) in [6.07, 6.45) is 0.821. The molecule has 0 saturated heterocycles. The molecule has 0 unspecified atom stereocenters. The van der Waals surface area contributed by atoms with Gasteiger partial charge in [-0.05, 0) is 13.5 Å². The third-order valence-corrected chi connectivity index (χ3v) is 0.545. The molecular weight excluding hydrogens is 136 g/mol. The van der Waals surface area contributed by atoms with E-state index in [2.05, 4.69) is 11.3 Å². The largest absolute Gasteiger partial charge is 0.512 e. The average Bonchev–Trinajstić information content (AvgIpc) is 1.58. The number of carbonyl (C=O) groups excluding carboxylic acids is 1. The average molecular weight is 144 g/mol. The van der Waals surface area contributed by atoms with Crippen LogP contribution < -0.4 is 0 Å². The molecule has 0 fully saturated rings. The van der Waals surface area contributed by atoms with Crippen molar-refractivity contribution < 1.29 is 19.7 Å². The van der Waals surface area contributed by atoms with Gasteiger partial charge in [0, 0.05) is 0 Å². The number of aliphatic hydroxyl groups excluding tert-OH is 2. The summed E-state index contributed by atoms with van der Waals surface area (Å²) in [6.45, 7) is 4.21. The fraction of sp³-hybridized carbons (Fsp3) is 0.167. The zero-order chi connectivity index (χ0) is 8.15. The maximum Gasteiger partial charge on any atom is 0.341 e. The van der Waals surface area contributed by atoms with Crippen LogP contribution in [0.2, 0.25) is 0 Å². The molecule has 0 aliphatic rings. The van der Waals surface area contributed by atoms with Crippen LogP contribution in [0.3, 0.4) is 0 Å². The Kier molecular flexibility index (Phi) is 3.04. The number of allylic oxidation sites excluding steroid dienone is 1. The van der Waals surface area contributed by atoms with E-state index >= 15 is 0 Å². The highest BCUT2D eigenvalue weighted by atomic mass is 16.6. The summed E-state index contributed by atoms with van der Waals surface area (Å²) in [5, 5.41) is 16.8. The minimum atomic E-state index is -0.854. The molecule has 0 aliphatic carbocycles. The van der Waals surface area contributed by atoms with E-state index in [0.717, 1.165) is 6.08 Å². The zero-order valence-electron chi connectivity index (χ0n) is 5.50. The first kappa shape index (κ1) is 8.55. The van der Waals surface area contributed by atoms with Crippen molar-refractivity contribution in [3.05, 3.63) is 24.4 Å². The molecule has 0 rings (SSSR count). The molecule has 0 heterocycles. The molecule has 0 bridgehead atoms. The van der Waals surface area contributed by atoms with Gasteiger partial charge in [-0.2, -0.15) is 0 Å². The molecule has 0 aromatic rings. The number of hydrogen-bond acceptors (Lipinski definition) is 4. The topological polar surface area (TPSA) is 66.8 Å². The van der Waals surface area contributed by atoms with Crippen LogP contribution in [-0.4, -0.2) is 16.2 Å². The van der Waals surface area contributed by atoms with Crippen LogP contribution in [0.1, 0.15) is 6.92 Å². The number of esters is 1. The molecule has 0 saturated carbocycles. The van der Waals surface area contributed by atoms with Crippen molar-refractivity contribution in [3.63, 3.8) is 0 Å². The molecule has 0 amide bonds. The van der Waals surface area contributed by atoms with E-state index in [1.165, 1.54) is 6.92 Å². The predicted molar refractivity (Wildman–Crippen MR) is 34.2 cm³/mol. The van der Waals surface area contributed by atoms with Crippen molar-refractivity contribution in [3.8, 4) is 0 Å². The van der Waals surface area contributed by atoms with Gasteiger partial charge in [0.1, 0.15) is 0 Å². The lowest BCUT2D eigenvalue weighted by atomic mass is 10.5. The molecule has 10 heavy (non-hydrogen) atoms. The highest BCUT2D eigenvalue weighted by Gasteiger charge is 1.99. The Morgan fingerprint density at radius 1 is 1.60 bits per heavy atom. The summed E-state index contributed by atoms with van der Waals surface area (Å²) < 4.78 is 4.05. The number of rotatable bonds is 2. The van der Waals surface area contributed by atoms with Gasteiger partial charge in [-0.3, -0.25) is 0 Å². The molecule has 0 atom stereocenters. The van der Waals surface area contributed by atoms with E-state index in [1.807, 2.05) is 0 Å². The molecule has 0 aromatic carbocycles. The first-order valence-electron chi connectivity index (χ1n) is 2.49. The molecular formula is C6H8O4.